The monoisotopic (exact) mass is 312 g/mol. The molecule has 0 saturated heterocycles. The Balaban J connectivity index is 1.89. The fraction of sp³-hybridized carbons (Fsp3) is 0.0588. The summed E-state index contributed by atoms with van der Waals surface area (Å²) in [6, 6.07) is 14.7. The van der Waals surface area contributed by atoms with Gasteiger partial charge in [-0.15, -0.1) is 0 Å². The van der Waals surface area contributed by atoms with Crippen molar-refractivity contribution in [3.05, 3.63) is 70.9 Å². The van der Waals surface area contributed by atoms with Crippen LogP contribution in [0.4, 0.5) is 5.69 Å². The van der Waals surface area contributed by atoms with Crippen molar-refractivity contribution >= 4 is 23.2 Å². The Labute approximate surface area is 132 Å². The van der Waals surface area contributed by atoms with E-state index in [1.165, 1.54) is 6.26 Å². The highest BCUT2D eigenvalue weighted by Crippen LogP contribution is 2.24. The Bertz CT molecular complexity index is 813. The van der Waals surface area contributed by atoms with Gasteiger partial charge in [-0.2, -0.15) is 0 Å². The molecule has 1 heterocycles. The molecule has 1 aromatic heterocycles. The van der Waals surface area contributed by atoms with E-state index in [-0.39, 0.29) is 5.91 Å². The predicted octanol–water partition coefficient (Wildman–Crippen LogP) is 4.56. The number of carbonyl (C=O) groups is 1. The molecule has 0 unspecified atom stereocenters. The Morgan fingerprint density at radius 2 is 1.95 bits per heavy atom. The molecule has 0 atom stereocenters. The fourth-order valence-electron chi connectivity index (χ4n) is 2.16. The van der Waals surface area contributed by atoms with Crippen LogP contribution >= 0.6 is 11.6 Å². The second-order valence-corrected chi connectivity index (χ2v) is 5.29. The van der Waals surface area contributed by atoms with Gasteiger partial charge in [-0.25, -0.2) is 0 Å². The maximum atomic E-state index is 12.5. The molecular formula is C17H13ClN2O2. The zero-order chi connectivity index (χ0) is 15.5. The van der Waals surface area contributed by atoms with E-state index in [1.54, 1.807) is 18.2 Å². The number of nitrogens with zero attached hydrogens (tertiary/aromatic N) is 1. The van der Waals surface area contributed by atoms with Gasteiger partial charge in [-0.1, -0.05) is 47.1 Å². The van der Waals surface area contributed by atoms with Gasteiger partial charge in [0.25, 0.3) is 5.91 Å². The van der Waals surface area contributed by atoms with Crippen molar-refractivity contribution in [2.45, 2.75) is 6.92 Å². The minimum Gasteiger partial charge on any atom is -0.363 e. The van der Waals surface area contributed by atoms with Crippen LogP contribution in [0.5, 0.6) is 0 Å². The van der Waals surface area contributed by atoms with Gasteiger partial charge in [0.05, 0.1) is 0 Å². The van der Waals surface area contributed by atoms with E-state index in [4.69, 9.17) is 16.1 Å². The van der Waals surface area contributed by atoms with Gasteiger partial charge in [-0.3, -0.25) is 4.79 Å². The second-order valence-electron chi connectivity index (χ2n) is 4.86. The lowest BCUT2D eigenvalue weighted by atomic mass is 10.1. The van der Waals surface area contributed by atoms with Crippen LogP contribution in [0.1, 0.15) is 15.9 Å². The molecule has 22 heavy (non-hydrogen) atoms. The summed E-state index contributed by atoms with van der Waals surface area (Å²) in [5.74, 6) is -0.273. The Morgan fingerprint density at radius 1 is 1.18 bits per heavy atom. The van der Waals surface area contributed by atoms with Crippen molar-refractivity contribution < 1.29 is 9.32 Å². The maximum Gasteiger partial charge on any atom is 0.261 e. The van der Waals surface area contributed by atoms with Gasteiger partial charge in [0.2, 0.25) is 0 Å². The Hall–Kier alpha value is -2.59. The van der Waals surface area contributed by atoms with Crippen molar-refractivity contribution in [1.82, 2.24) is 5.16 Å². The highest BCUT2D eigenvalue weighted by molar-refractivity contribution is 6.30. The fourth-order valence-corrected chi connectivity index (χ4v) is 2.39. The molecule has 110 valence electrons. The van der Waals surface area contributed by atoms with E-state index in [1.807, 2.05) is 37.3 Å². The molecule has 0 fully saturated rings. The summed E-state index contributed by atoms with van der Waals surface area (Å²) in [4.78, 5) is 12.5. The van der Waals surface area contributed by atoms with Crippen LogP contribution in [0.3, 0.4) is 0 Å². The lowest BCUT2D eigenvalue weighted by Crippen LogP contribution is -2.13. The molecule has 0 radical (unpaired) electrons. The number of halogens is 1. The van der Waals surface area contributed by atoms with Gasteiger partial charge < -0.3 is 9.84 Å². The van der Waals surface area contributed by atoms with E-state index in [2.05, 4.69) is 10.5 Å². The van der Waals surface area contributed by atoms with Gasteiger partial charge in [0.15, 0.2) is 0 Å². The minimum atomic E-state index is -0.273. The van der Waals surface area contributed by atoms with E-state index in [0.29, 0.717) is 22.0 Å². The third kappa shape index (κ3) is 2.87. The summed E-state index contributed by atoms with van der Waals surface area (Å²) >= 11 is 5.92. The third-order valence-corrected chi connectivity index (χ3v) is 3.53. The van der Waals surface area contributed by atoms with Gasteiger partial charge in [0, 0.05) is 16.3 Å². The number of carbonyl (C=O) groups excluding carboxylic acids is 1. The zero-order valence-corrected chi connectivity index (χ0v) is 12.6. The lowest BCUT2D eigenvalue weighted by molar-refractivity contribution is 0.102. The molecule has 5 heteroatoms. The van der Waals surface area contributed by atoms with E-state index in [0.717, 1.165) is 11.1 Å². The molecule has 0 spiro atoms. The molecule has 0 saturated carbocycles. The molecule has 3 aromatic rings. The van der Waals surface area contributed by atoms with Crippen LogP contribution in [0.25, 0.3) is 11.3 Å². The smallest absolute Gasteiger partial charge is 0.261 e. The summed E-state index contributed by atoms with van der Waals surface area (Å²) in [7, 11) is 0. The maximum absolute atomic E-state index is 12.5. The van der Waals surface area contributed by atoms with Crippen LogP contribution in [-0.4, -0.2) is 11.1 Å². The van der Waals surface area contributed by atoms with Crippen LogP contribution in [-0.2, 0) is 0 Å². The van der Waals surface area contributed by atoms with Crippen LogP contribution in [0.2, 0.25) is 5.02 Å². The van der Waals surface area contributed by atoms with Crippen LogP contribution < -0.4 is 5.32 Å². The number of rotatable bonds is 3. The number of hydrogen-bond donors (Lipinski definition) is 1. The van der Waals surface area contributed by atoms with Crippen molar-refractivity contribution in [2.24, 2.45) is 0 Å². The first kappa shape index (κ1) is 14.4. The number of amides is 1. The molecule has 4 nitrogen and oxygen atoms in total. The molecule has 0 aliphatic rings. The zero-order valence-electron chi connectivity index (χ0n) is 11.8. The number of aryl methyl sites for hydroxylation is 1. The normalized spacial score (nSPS) is 10.5. The van der Waals surface area contributed by atoms with Crippen molar-refractivity contribution in [3.63, 3.8) is 0 Å². The predicted molar refractivity (Wildman–Crippen MR) is 86.1 cm³/mol. The topological polar surface area (TPSA) is 55.1 Å². The van der Waals surface area contributed by atoms with Gasteiger partial charge in [-0.05, 0) is 30.7 Å². The first-order chi connectivity index (χ1) is 10.6. The molecule has 1 N–H and O–H groups in total. The van der Waals surface area contributed by atoms with Crippen molar-refractivity contribution in [3.8, 4) is 11.3 Å². The average molecular weight is 313 g/mol. The second kappa shape index (κ2) is 6.03. The summed E-state index contributed by atoms with van der Waals surface area (Å²) in [5.41, 5.74) is 3.33. The van der Waals surface area contributed by atoms with Gasteiger partial charge >= 0.3 is 0 Å². The standard InChI is InChI=1S/C17H13ClN2O2/c1-11-9-13(18)7-8-15(11)19-17(21)14-10-22-20-16(14)12-5-3-2-4-6-12/h2-10H,1H3,(H,19,21). The SMILES string of the molecule is Cc1cc(Cl)ccc1NC(=O)c1conc1-c1ccccc1. The summed E-state index contributed by atoms with van der Waals surface area (Å²) in [6.45, 7) is 1.88. The van der Waals surface area contributed by atoms with Crippen LogP contribution in [0.15, 0.2) is 59.3 Å². The highest BCUT2D eigenvalue weighted by Gasteiger charge is 2.18. The average Bonchev–Trinajstić information content (AvgIpc) is 3.00. The number of aromatic nitrogens is 1. The van der Waals surface area contributed by atoms with E-state index in [9.17, 15) is 4.79 Å². The highest BCUT2D eigenvalue weighted by atomic mass is 35.5. The molecule has 0 aliphatic heterocycles. The van der Waals surface area contributed by atoms with E-state index >= 15 is 0 Å². The largest absolute Gasteiger partial charge is 0.363 e. The number of nitrogens with one attached hydrogen (secondary N) is 1. The quantitative estimate of drug-likeness (QED) is 0.771. The first-order valence-corrected chi connectivity index (χ1v) is 7.10. The Kier molecular flexibility index (Phi) is 3.94. The summed E-state index contributed by atoms with van der Waals surface area (Å²) in [5, 5.41) is 7.41. The molecule has 2 aromatic carbocycles. The summed E-state index contributed by atoms with van der Waals surface area (Å²) in [6.07, 6.45) is 1.35. The number of hydrogen-bond acceptors (Lipinski definition) is 3. The molecule has 1 amide bonds. The molecule has 0 bridgehead atoms. The lowest BCUT2D eigenvalue weighted by Gasteiger charge is -2.08. The van der Waals surface area contributed by atoms with Gasteiger partial charge in [0.1, 0.15) is 17.5 Å². The third-order valence-electron chi connectivity index (χ3n) is 3.30. The molecule has 0 aliphatic carbocycles. The van der Waals surface area contributed by atoms with Crippen molar-refractivity contribution in [2.75, 3.05) is 5.32 Å². The summed E-state index contributed by atoms with van der Waals surface area (Å²) < 4.78 is 4.98. The Morgan fingerprint density at radius 3 is 2.68 bits per heavy atom. The van der Waals surface area contributed by atoms with Crippen molar-refractivity contribution in [1.29, 1.82) is 0 Å². The first-order valence-electron chi connectivity index (χ1n) is 6.72. The van der Waals surface area contributed by atoms with E-state index < -0.39 is 0 Å². The van der Waals surface area contributed by atoms with Crippen LogP contribution in [0, 0.1) is 6.92 Å². The number of benzene rings is 2. The molecular weight excluding hydrogens is 300 g/mol. The minimum absolute atomic E-state index is 0.273. The molecule has 3 rings (SSSR count). The number of anilines is 1.